The summed E-state index contributed by atoms with van der Waals surface area (Å²) in [6, 6.07) is 9.29. The van der Waals surface area contributed by atoms with Crippen molar-refractivity contribution in [2.24, 2.45) is 0 Å². The highest BCUT2D eigenvalue weighted by atomic mass is 79.9. The SMILES string of the molecule is O=C(Cc1ccc(F)cc1)NNC(=O)c1cc(Br)ccc1F. The van der Waals surface area contributed by atoms with E-state index in [4.69, 9.17) is 0 Å². The summed E-state index contributed by atoms with van der Waals surface area (Å²) in [7, 11) is 0. The van der Waals surface area contributed by atoms with Gasteiger partial charge < -0.3 is 0 Å². The van der Waals surface area contributed by atoms with Gasteiger partial charge in [0.2, 0.25) is 5.91 Å². The summed E-state index contributed by atoms with van der Waals surface area (Å²) >= 11 is 3.13. The number of nitrogens with one attached hydrogen (secondary N) is 2. The molecular formula is C15H11BrF2N2O2. The fraction of sp³-hybridized carbons (Fsp3) is 0.0667. The molecule has 0 saturated carbocycles. The standard InChI is InChI=1S/C15H11BrF2N2O2/c16-10-3-6-13(18)12(8-10)15(22)20-19-14(21)7-9-1-4-11(17)5-2-9/h1-6,8H,7H2,(H,19,21)(H,20,22). The Balaban J connectivity index is 1.91. The van der Waals surface area contributed by atoms with Crippen LogP contribution >= 0.6 is 15.9 Å². The second-order valence-corrected chi connectivity index (χ2v) is 5.35. The minimum absolute atomic E-state index is 0.0402. The number of hydrogen-bond acceptors (Lipinski definition) is 2. The topological polar surface area (TPSA) is 58.2 Å². The molecule has 2 aromatic carbocycles. The molecule has 0 radical (unpaired) electrons. The molecule has 114 valence electrons. The van der Waals surface area contributed by atoms with E-state index >= 15 is 0 Å². The average molecular weight is 369 g/mol. The van der Waals surface area contributed by atoms with Crippen molar-refractivity contribution in [2.45, 2.75) is 6.42 Å². The van der Waals surface area contributed by atoms with Gasteiger partial charge in [0.05, 0.1) is 12.0 Å². The third-order valence-corrected chi connectivity index (χ3v) is 3.26. The first-order chi connectivity index (χ1) is 10.5. The zero-order chi connectivity index (χ0) is 16.1. The summed E-state index contributed by atoms with van der Waals surface area (Å²) < 4.78 is 26.8. The molecule has 0 unspecified atom stereocenters. The van der Waals surface area contributed by atoms with Crippen LogP contribution in [0.3, 0.4) is 0 Å². The number of rotatable bonds is 3. The summed E-state index contributed by atoms with van der Waals surface area (Å²) in [4.78, 5) is 23.4. The fourth-order valence-electron chi connectivity index (χ4n) is 1.70. The van der Waals surface area contributed by atoms with Gasteiger partial charge in [-0.25, -0.2) is 8.78 Å². The molecule has 2 rings (SSSR count). The van der Waals surface area contributed by atoms with Crippen LogP contribution in [0, 0.1) is 11.6 Å². The third-order valence-electron chi connectivity index (χ3n) is 2.77. The minimum atomic E-state index is -0.772. The Bertz CT molecular complexity index is 705. The predicted molar refractivity (Wildman–Crippen MR) is 79.8 cm³/mol. The van der Waals surface area contributed by atoms with E-state index in [-0.39, 0.29) is 12.0 Å². The number of hydrazine groups is 1. The van der Waals surface area contributed by atoms with Gasteiger partial charge in [-0.15, -0.1) is 0 Å². The molecule has 0 spiro atoms. The molecule has 0 heterocycles. The highest BCUT2D eigenvalue weighted by Crippen LogP contribution is 2.15. The molecule has 2 N–H and O–H groups in total. The van der Waals surface area contributed by atoms with Crippen molar-refractivity contribution in [1.29, 1.82) is 0 Å². The Hall–Kier alpha value is -2.28. The molecule has 0 fully saturated rings. The highest BCUT2D eigenvalue weighted by molar-refractivity contribution is 9.10. The third kappa shape index (κ3) is 4.36. The minimum Gasteiger partial charge on any atom is -0.273 e. The van der Waals surface area contributed by atoms with E-state index in [1.54, 1.807) is 0 Å². The van der Waals surface area contributed by atoms with Gasteiger partial charge in [0.15, 0.2) is 0 Å². The average Bonchev–Trinajstić information content (AvgIpc) is 2.49. The maximum absolute atomic E-state index is 13.5. The van der Waals surface area contributed by atoms with Crippen LogP contribution in [-0.4, -0.2) is 11.8 Å². The molecule has 0 atom stereocenters. The smallest absolute Gasteiger partial charge is 0.272 e. The maximum atomic E-state index is 13.5. The van der Waals surface area contributed by atoms with Crippen molar-refractivity contribution >= 4 is 27.7 Å². The largest absolute Gasteiger partial charge is 0.273 e. The first kappa shape index (κ1) is 16.1. The van der Waals surface area contributed by atoms with Gasteiger partial charge in [0.25, 0.3) is 5.91 Å². The first-order valence-corrected chi connectivity index (χ1v) is 7.03. The van der Waals surface area contributed by atoms with Crippen LogP contribution in [0.4, 0.5) is 8.78 Å². The van der Waals surface area contributed by atoms with Crippen LogP contribution < -0.4 is 10.9 Å². The van der Waals surface area contributed by atoms with Crippen LogP contribution in [0.1, 0.15) is 15.9 Å². The van der Waals surface area contributed by atoms with Gasteiger partial charge in [-0.3, -0.25) is 20.4 Å². The molecular weight excluding hydrogens is 358 g/mol. The molecule has 2 amide bonds. The van der Waals surface area contributed by atoms with Crippen LogP contribution in [0.15, 0.2) is 46.9 Å². The zero-order valence-corrected chi connectivity index (χ0v) is 12.8. The monoisotopic (exact) mass is 368 g/mol. The van der Waals surface area contributed by atoms with E-state index < -0.39 is 23.4 Å². The van der Waals surface area contributed by atoms with Gasteiger partial charge in [-0.05, 0) is 35.9 Å². The second kappa shape index (κ2) is 7.13. The number of carbonyl (C=O) groups is 2. The Morgan fingerprint density at radius 1 is 1.00 bits per heavy atom. The van der Waals surface area contributed by atoms with Crippen molar-refractivity contribution in [2.75, 3.05) is 0 Å². The molecule has 0 bridgehead atoms. The zero-order valence-electron chi connectivity index (χ0n) is 11.2. The lowest BCUT2D eigenvalue weighted by atomic mass is 10.1. The maximum Gasteiger partial charge on any atom is 0.272 e. The van der Waals surface area contributed by atoms with E-state index in [0.717, 1.165) is 6.07 Å². The Labute approximate surface area is 133 Å². The van der Waals surface area contributed by atoms with Crippen molar-refractivity contribution in [3.63, 3.8) is 0 Å². The number of benzene rings is 2. The molecule has 0 aromatic heterocycles. The molecule has 0 saturated heterocycles. The Morgan fingerprint density at radius 2 is 1.68 bits per heavy atom. The summed E-state index contributed by atoms with van der Waals surface area (Å²) in [5.41, 5.74) is 4.69. The van der Waals surface area contributed by atoms with E-state index in [1.165, 1.54) is 36.4 Å². The van der Waals surface area contributed by atoms with Crippen LogP contribution in [0.5, 0.6) is 0 Å². The fourth-order valence-corrected chi connectivity index (χ4v) is 2.06. The van der Waals surface area contributed by atoms with Crippen molar-refractivity contribution in [3.05, 3.63) is 69.7 Å². The molecule has 0 aliphatic rings. The second-order valence-electron chi connectivity index (χ2n) is 4.43. The van der Waals surface area contributed by atoms with E-state index in [9.17, 15) is 18.4 Å². The van der Waals surface area contributed by atoms with Crippen LogP contribution in [0.2, 0.25) is 0 Å². The molecule has 22 heavy (non-hydrogen) atoms. The van der Waals surface area contributed by atoms with Gasteiger partial charge in [-0.2, -0.15) is 0 Å². The van der Waals surface area contributed by atoms with E-state index in [0.29, 0.717) is 10.0 Å². The van der Waals surface area contributed by atoms with Crippen LogP contribution in [-0.2, 0) is 11.2 Å². The predicted octanol–water partition coefficient (Wildman–Crippen LogP) is 2.73. The summed E-state index contributed by atoms with van der Waals surface area (Å²) in [6.45, 7) is 0. The molecule has 0 aliphatic carbocycles. The van der Waals surface area contributed by atoms with Gasteiger partial charge in [0.1, 0.15) is 11.6 Å². The summed E-state index contributed by atoms with van der Waals surface area (Å²) in [6.07, 6.45) is -0.0402. The molecule has 2 aromatic rings. The lowest BCUT2D eigenvalue weighted by Gasteiger charge is -2.08. The first-order valence-electron chi connectivity index (χ1n) is 6.24. The number of halogens is 3. The van der Waals surface area contributed by atoms with E-state index in [1.807, 2.05) is 0 Å². The van der Waals surface area contributed by atoms with Gasteiger partial charge >= 0.3 is 0 Å². The quantitative estimate of drug-likeness (QED) is 0.818. The number of hydrogen-bond donors (Lipinski definition) is 2. The Morgan fingerprint density at radius 3 is 2.36 bits per heavy atom. The van der Waals surface area contributed by atoms with Crippen molar-refractivity contribution in [3.8, 4) is 0 Å². The summed E-state index contributed by atoms with van der Waals surface area (Å²) in [5.74, 6) is -2.38. The van der Waals surface area contributed by atoms with Crippen molar-refractivity contribution in [1.82, 2.24) is 10.9 Å². The molecule has 0 aliphatic heterocycles. The van der Waals surface area contributed by atoms with Gasteiger partial charge in [-0.1, -0.05) is 28.1 Å². The highest BCUT2D eigenvalue weighted by Gasteiger charge is 2.13. The van der Waals surface area contributed by atoms with E-state index in [2.05, 4.69) is 26.8 Å². The normalized spacial score (nSPS) is 10.1. The molecule has 7 heteroatoms. The number of amides is 2. The molecule has 4 nitrogen and oxygen atoms in total. The van der Waals surface area contributed by atoms with Crippen molar-refractivity contribution < 1.29 is 18.4 Å². The lowest BCUT2D eigenvalue weighted by Crippen LogP contribution is -2.42. The van der Waals surface area contributed by atoms with Gasteiger partial charge in [0, 0.05) is 4.47 Å². The lowest BCUT2D eigenvalue weighted by molar-refractivity contribution is -0.121. The van der Waals surface area contributed by atoms with Crippen LogP contribution in [0.25, 0.3) is 0 Å². The summed E-state index contributed by atoms with van der Waals surface area (Å²) in [5, 5.41) is 0. The number of carbonyl (C=O) groups excluding carboxylic acids is 2. The Kier molecular flexibility index (Phi) is 5.21.